The minimum atomic E-state index is -0.636. The molecule has 4 nitrogen and oxygen atoms in total. The van der Waals surface area contributed by atoms with Gasteiger partial charge < -0.3 is 14.5 Å². The molecule has 0 aliphatic heterocycles. The van der Waals surface area contributed by atoms with Crippen LogP contribution in [0.1, 0.15) is 30.2 Å². The number of methoxy groups -OCH3 is 1. The standard InChI is InChI=1S/C22H23NO3/c1-3-26-21(24)22(15-7-5-4-6-8-15)12-11-20-18(14-22)17-13-16(25-2)9-10-19(17)23-20/h4-10,13,23H,3,11-12,14H2,1-2H3. The van der Waals surface area contributed by atoms with E-state index in [0.29, 0.717) is 13.0 Å². The van der Waals surface area contributed by atoms with Crippen LogP contribution < -0.4 is 4.74 Å². The smallest absolute Gasteiger partial charge is 0.316 e. The maximum atomic E-state index is 13.1. The lowest BCUT2D eigenvalue weighted by molar-refractivity contribution is -0.150. The molecule has 0 spiro atoms. The number of carbonyl (C=O) groups is 1. The van der Waals surface area contributed by atoms with Crippen molar-refractivity contribution in [1.82, 2.24) is 4.98 Å². The molecule has 0 fully saturated rings. The molecule has 1 unspecified atom stereocenters. The molecule has 2 aromatic carbocycles. The molecule has 0 saturated carbocycles. The van der Waals surface area contributed by atoms with Crippen molar-refractivity contribution in [2.45, 2.75) is 31.6 Å². The first-order chi connectivity index (χ1) is 12.7. The van der Waals surface area contributed by atoms with E-state index in [2.05, 4.69) is 11.1 Å². The summed E-state index contributed by atoms with van der Waals surface area (Å²) in [5.41, 5.74) is 3.89. The Morgan fingerprint density at radius 3 is 2.73 bits per heavy atom. The van der Waals surface area contributed by atoms with Gasteiger partial charge in [-0.1, -0.05) is 30.3 Å². The zero-order valence-corrected chi connectivity index (χ0v) is 15.2. The third kappa shape index (κ3) is 2.57. The van der Waals surface area contributed by atoms with Crippen molar-refractivity contribution in [3.63, 3.8) is 0 Å². The number of fused-ring (bicyclic) bond motifs is 3. The highest BCUT2D eigenvalue weighted by Gasteiger charge is 2.45. The first kappa shape index (κ1) is 16.7. The lowest BCUT2D eigenvalue weighted by Gasteiger charge is -2.35. The molecule has 1 aliphatic carbocycles. The van der Waals surface area contributed by atoms with Crippen LogP contribution in [0.3, 0.4) is 0 Å². The number of nitrogens with one attached hydrogen (secondary N) is 1. The molecule has 0 bridgehead atoms. The summed E-state index contributed by atoms with van der Waals surface area (Å²) in [5.74, 6) is 0.695. The maximum absolute atomic E-state index is 13.1. The second-order valence-corrected chi connectivity index (χ2v) is 6.84. The predicted octanol–water partition coefficient (Wildman–Crippen LogP) is 4.17. The van der Waals surface area contributed by atoms with E-state index in [1.807, 2.05) is 49.4 Å². The number of aromatic nitrogens is 1. The minimum Gasteiger partial charge on any atom is -0.497 e. The van der Waals surface area contributed by atoms with Gasteiger partial charge >= 0.3 is 5.97 Å². The highest BCUT2D eigenvalue weighted by Crippen LogP contribution is 2.42. The van der Waals surface area contributed by atoms with Crippen molar-refractivity contribution < 1.29 is 14.3 Å². The number of rotatable bonds is 4. The van der Waals surface area contributed by atoms with E-state index >= 15 is 0 Å². The number of benzene rings is 2. The van der Waals surface area contributed by atoms with Gasteiger partial charge in [-0.2, -0.15) is 0 Å². The van der Waals surface area contributed by atoms with E-state index in [-0.39, 0.29) is 5.97 Å². The highest BCUT2D eigenvalue weighted by molar-refractivity contribution is 5.90. The zero-order chi connectivity index (χ0) is 18.1. The van der Waals surface area contributed by atoms with Crippen molar-refractivity contribution >= 4 is 16.9 Å². The van der Waals surface area contributed by atoms with E-state index in [0.717, 1.165) is 35.1 Å². The molecule has 3 aromatic rings. The van der Waals surface area contributed by atoms with Gasteiger partial charge in [0.1, 0.15) is 5.75 Å². The topological polar surface area (TPSA) is 51.3 Å². The molecule has 1 heterocycles. The molecule has 0 saturated heterocycles. The van der Waals surface area contributed by atoms with Crippen LogP contribution in [0.15, 0.2) is 48.5 Å². The van der Waals surface area contributed by atoms with E-state index in [9.17, 15) is 4.79 Å². The third-order valence-electron chi connectivity index (χ3n) is 5.47. The monoisotopic (exact) mass is 349 g/mol. The molecule has 4 heteroatoms. The number of ether oxygens (including phenoxy) is 2. The highest BCUT2D eigenvalue weighted by atomic mass is 16.5. The Balaban J connectivity index is 1.86. The average Bonchev–Trinajstić information content (AvgIpc) is 3.05. The molecule has 1 atom stereocenters. The zero-order valence-electron chi connectivity index (χ0n) is 15.2. The Morgan fingerprint density at radius 2 is 2.00 bits per heavy atom. The van der Waals surface area contributed by atoms with Gasteiger partial charge in [0.25, 0.3) is 0 Å². The summed E-state index contributed by atoms with van der Waals surface area (Å²) in [6.07, 6.45) is 2.20. The fourth-order valence-corrected chi connectivity index (χ4v) is 4.12. The van der Waals surface area contributed by atoms with E-state index < -0.39 is 5.41 Å². The molecule has 26 heavy (non-hydrogen) atoms. The summed E-state index contributed by atoms with van der Waals surface area (Å²) in [6, 6.07) is 16.1. The normalized spacial score (nSPS) is 19.2. The molecular weight excluding hydrogens is 326 g/mol. The Hall–Kier alpha value is -2.75. The second-order valence-electron chi connectivity index (χ2n) is 6.84. The number of hydrogen-bond donors (Lipinski definition) is 1. The van der Waals surface area contributed by atoms with Crippen molar-refractivity contribution in [2.24, 2.45) is 0 Å². The van der Waals surface area contributed by atoms with Gasteiger partial charge in [0, 0.05) is 16.6 Å². The summed E-state index contributed by atoms with van der Waals surface area (Å²) < 4.78 is 10.9. The quantitative estimate of drug-likeness (QED) is 0.719. The molecule has 0 radical (unpaired) electrons. The van der Waals surface area contributed by atoms with Crippen LogP contribution in [-0.4, -0.2) is 24.7 Å². The first-order valence-corrected chi connectivity index (χ1v) is 9.08. The Bertz CT molecular complexity index is 945. The lowest BCUT2D eigenvalue weighted by Crippen LogP contribution is -2.42. The van der Waals surface area contributed by atoms with Crippen molar-refractivity contribution in [1.29, 1.82) is 0 Å². The van der Waals surface area contributed by atoms with Crippen LogP contribution in [0.5, 0.6) is 5.75 Å². The number of H-pyrrole nitrogens is 1. The molecule has 134 valence electrons. The fourth-order valence-electron chi connectivity index (χ4n) is 4.12. The third-order valence-corrected chi connectivity index (χ3v) is 5.47. The largest absolute Gasteiger partial charge is 0.497 e. The molecule has 1 aliphatic rings. The minimum absolute atomic E-state index is 0.130. The van der Waals surface area contributed by atoms with Gasteiger partial charge in [0.2, 0.25) is 0 Å². The summed E-state index contributed by atoms with van der Waals surface area (Å²) in [6.45, 7) is 2.25. The fraction of sp³-hybridized carbons (Fsp3) is 0.318. The Morgan fingerprint density at radius 1 is 1.19 bits per heavy atom. The van der Waals surface area contributed by atoms with Crippen molar-refractivity contribution in [3.05, 3.63) is 65.4 Å². The average molecular weight is 349 g/mol. The van der Waals surface area contributed by atoms with Gasteiger partial charge in [0.15, 0.2) is 0 Å². The van der Waals surface area contributed by atoms with Crippen LogP contribution in [-0.2, 0) is 27.8 Å². The maximum Gasteiger partial charge on any atom is 0.316 e. The molecule has 4 rings (SSSR count). The van der Waals surface area contributed by atoms with Crippen LogP contribution in [0.4, 0.5) is 0 Å². The molecule has 1 aromatic heterocycles. The molecular formula is C22H23NO3. The first-order valence-electron chi connectivity index (χ1n) is 9.08. The number of aryl methyl sites for hydroxylation is 1. The summed E-state index contributed by atoms with van der Waals surface area (Å²) in [7, 11) is 1.67. The summed E-state index contributed by atoms with van der Waals surface area (Å²) in [5, 5.41) is 1.13. The summed E-state index contributed by atoms with van der Waals surface area (Å²) >= 11 is 0. The molecule has 0 amide bonds. The lowest BCUT2D eigenvalue weighted by atomic mass is 9.68. The Kier molecular flexibility index (Phi) is 4.19. The van der Waals surface area contributed by atoms with Gasteiger partial charge in [-0.3, -0.25) is 4.79 Å². The van der Waals surface area contributed by atoms with Crippen LogP contribution >= 0.6 is 0 Å². The van der Waals surface area contributed by atoms with E-state index in [4.69, 9.17) is 9.47 Å². The predicted molar refractivity (Wildman–Crippen MR) is 102 cm³/mol. The number of hydrogen-bond acceptors (Lipinski definition) is 3. The van der Waals surface area contributed by atoms with Crippen molar-refractivity contribution in [2.75, 3.05) is 13.7 Å². The van der Waals surface area contributed by atoms with E-state index in [1.54, 1.807) is 7.11 Å². The van der Waals surface area contributed by atoms with Gasteiger partial charge in [-0.15, -0.1) is 0 Å². The molecule has 1 N–H and O–H groups in total. The SMILES string of the molecule is CCOC(=O)C1(c2ccccc2)CCc2[nH]c3ccc(OC)cc3c2C1. The summed E-state index contributed by atoms with van der Waals surface area (Å²) in [4.78, 5) is 16.6. The number of esters is 1. The van der Waals surface area contributed by atoms with Gasteiger partial charge in [-0.05, 0) is 55.5 Å². The van der Waals surface area contributed by atoms with Crippen LogP contribution in [0.2, 0.25) is 0 Å². The Labute approximate surface area is 153 Å². The number of carbonyl (C=O) groups excluding carboxylic acids is 1. The van der Waals surface area contributed by atoms with Gasteiger partial charge in [0.05, 0.1) is 19.1 Å². The second kappa shape index (κ2) is 6.52. The van der Waals surface area contributed by atoms with Crippen LogP contribution in [0, 0.1) is 0 Å². The van der Waals surface area contributed by atoms with Gasteiger partial charge in [-0.25, -0.2) is 0 Å². The van der Waals surface area contributed by atoms with E-state index in [1.165, 1.54) is 11.3 Å². The number of aromatic amines is 1. The van der Waals surface area contributed by atoms with Crippen LogP contribution in [0.25, 0.3) is 10.9 Å². The van der Waals surface area contributed by atoms with Crippen molar-refractivity contribution in [3.8, 4) is 5.75 Å².